The van der Waals surface area contributed by atoms with Gasteiger partial charge in [0.2, 0.25) is 0 Å². The van der Waals surface area contributed by atoms with Gasteiger partial charge in [0, 0.05) is 48.6 Å². The van der Waals surface area contributed by atoms with Crippen molar-refractivity contribution in [3.63, 3.8) is 0 Å². The second kappa shape index (κ2) is 9.48. The van der Waals surface area contributed by atoms with Crippen LogP contribution in [0, 0.1) is 6.92 Å². The molecule has 1 fully saturated rings. The van der Waals surface area contributed by atoms with E-state index in [1.54, 1.807) is 0 Å². The minimum absolute atomic E-state index is 0.284. The minimum atomic E-state index is 0.284. The van der Waals surface area contributed by atoms with Crippen LogP contribution in [0.5, 0.6) is 0 Å². The summed E-state index contributed by atoms with van der Waals surface area (Å²) in [6.45, 7) is 7.96. The monoisotopic (exact) mass is 358 g/mol. The number of aliphatic hydroxyl groups is 1. The average molecular weight is 359 g/mol. The van der Waals surface area contributed by atoms with E-state index in [2.05, 4.69) is 59.2 Å². The van der Waals surface area contributed by atoms with Crippen molar-refractivity contribution < 1.29 is 5.11 Å². The molecular formula is C21H30N2OS. The van der Waals surface area contributed by atoms with E-state index < -0.39 is 0 Å². The van der Waals surface area contributed by atoms with Gasteiger partial charge in [0.05, 0.1) is 0 Å². The summed E-state index contributed by atoms with van der Waals surface area (Å²) in [6, 6.07) is 15.7. The van der Waals surface area contributed by atoms with E-state index in [0.717, 1.165) is 45.6 Å². The quantitative estimate of drug-likeness (QED) is 0.782. The molecule has 0 bridgehead atoms. The Morgan fingerprint density at radius 2 is 1.96 bits per heavy atom. The third-order valence-electron chi connectivity index (χ3n) is 5.08. The highest BCUT2D eigenvalue weighted by Gasteiger charge is 2.26. The number of benzene rings is 1. The maximum atomic E-state index is 9.48. The van der Waals surface area contributed by atoms with Gasteiger partial charge >= 0.3 is 0 Å². The molecule has 1 atom stereocenters. The number of piperazine rings is 1. The molecule has 3 nitrogen and oxygen atoms in total. The van der Waals surface area contributed by atoms with E-state index >= 15 is 0 Å². The van der Waals surface area contributed by atoms with Gasteiger partial charge in [-0.2, -0.15) is 0 Å². The summed E-state index contributed by atoms with van der Waals surface area (Å²) in [7, 11) is 0. The molecule has 1 unspecified atom stereocenters. The molecule has 0 saturated carbocycles. The summed E-state index contributed by atoms with van der Waals surface area (Å²) in [4.78, 5) is 7.99. The summed E-state index contributed by atoms with van der Waals surface area (Å²) in [5.41, 5.74) is 1.42. The lowest BCUT2D eigenvalue weighted by molar-refractivity contribution is 0.0552. The molecule has 0 radical (unpaired) electrons. The highest BCUT2D eigenvalue weighted by molar-refractivity contribution is 7.11. The Balaban J connectivity index is 1.49. The molecule has 1 aromatic carbocycles. The van der Waals surface area contributed by atoms with E-state index in [0.29, 0.717) is 6.04 Å². The van der Waals surface area contributed by atoms with E-state index in [9.17, 15) is 5.11 Å². The molecule has 0 aliphatic carbocycles. The van der Waals surface area contributed by atoms with Gasteiger partial charge in [-0.15, -0.1) is 11.3 Å². The second-order valence-electron chi connectivity index (χ2n) is 7.04. The average Bonchev–Trinajstić information content (AvgIpc) is 3.03. The van der Waals surface area contributed by atoms with Crippen LogP contribution >= 0.6 is 11.3 Å². The Labute approximate surface area is 155 Å². The highest BCUT2D eigenvalue weighted by atomic mass is 32.1. The minimum Gasteiger partial charge on any atom is -0.396 e. The fraction of sp³-hybridized carbons (Fsp3) is 0.524. The van der Waals surface area contributed by atoms with Crippen LogP contribution < -0.4 is 0 Å². The maximum absolute atomic E-state index is 9.48. The normalized spacial score (nSPS) is 19.4. The Morgan fingerprint density at radius 3 is 2.68 bits per heavy atom. The van der Waals surface area contributed by atoms with Crippen molar-refractivity contribution in [1.29, 1.82) is 0 Å². The van der Waals surface area contributed by atoms with Gasteiger partial charge in [-0.05, 0) is 50.4 Å². The maximum Gasteiger partial charge on any atom is 0.0446 e. The van der Waals surface area contributed by atoms with Gasteiger partial charge in [-0.25, -0.2) is 0 Å². The Kier molecular flexibility index (Phi) is 7.05. The zero-order valence-corrected chi connectivity index (χ0v) is 16.0. The topological polar surface area (TPSA) is 26.7 Å². The van der Waals surface area contributed by atoms with Crippen molar-refractivity contribution in [1.82, 2.24) is 9.80 Å². The SMILES string of the molecule is Cc1ccc(CN2CCN(CCCc3ccccc3)C(CCO)C2)s1. The van der Waals surface area contributed by atoms with Crippen molar-refractivity contribution in [3.8, 4) is 0 Å². The van der Waals surface area contributed by atoms with Gasteiger partial charge in [-0.3, -0.25) is 9.80 Å². The van der Waals surface area contributed by atoms with Crippen LogP contribution in [0.3, 0.4) is 0 Å². The third kappa shape index (κ3) is 5.65. The Morgan fingerprint density at radius 1 is 1.12 bits per heavy atom. The predicted molar refractivity (Wildman–Crippen MR) is 106 cm³/mol. The Bertz CT molecular complexity index is 628. The first kappa shape index (κ1) is 18.6. The van der Waals surface area contributed by atoms with E-state index in [1.165, 1.54) is 21.7 Å². The molecule has 136 valence electrons. The van der Waals surface area contributed by atoms with Crippen LogP contribution in [-0.4, -0.2) is 53.7 Å². The summed E-state index contributed by atoms with van der Waals surface area (Å²) in [5.74, 6) is 0. The van der Waals surface area contributed by atoms with E-state index in [-0.39, 0.29) is 6.61 Å². The van der Waals surface area contributed by atoms with Crippen molar-refractivity contribution >= 4 is 11.3 Å². The number of rotatable bonds is 8. The van der Waals surface area contributed by atoms with Crippen molar-refractivity contribution in [2.75, 3.05) is 32.8 Å². The summed E-state index contributed by atoms with van der Waals surface area (Å²) < 4.78 is 0. The first-order valence-electron chi connectivity index (χ1n) is 9.41. The van der Waals surface area contributed by atoms with Crippen LogP contribution in [0.25, 0.3) is 0 Å². The molecule has 0 amide bonds. The van der Waals surface area contributed by atoms with E-state index in [1.807, 2.05) is 11.3 Å². The lowest BCUT2D eigenvalue weighted by Gasteiger charge is -2.41. The number of hydrogen-bond donors (Lipinski definition) is 1. The molecule has 0 spiro atoms. The largest absolute Gasteiger partial charge is 0.396 e. The Hall–Kier alpha value is -1.20. The smallest absolute Gasteiger partial charge is 0.0446 e. The molecule has 1 aliphatic rings. The summed E-state index contributed by atoms with van der Waals surface area (Å²) in [5, 5.41) is 9.48. The van der Waals surface area contributed by atoms with Crippen LogP contribution in [0.4, 0.5) is 0 Å². The van der Waals surface area contributed by atoms with Crippen molar-refractivity contribution in [2.24, 2.45) is 0 Å². The molecule has 1 N–H and O–H groups in total. The van der Waals surface area contributed by atoms with Gasteiger partial charge in [0.15, 0.2) is 0 Å². The molecule has 4 heteroatoms. The first-order valence-corrected chi connectivity index (χ1v) is 10.2. The van der Waals surface area contributed by atoms with E-state index in [4.69, 9.17) is 0 Å². The lowest BCUT2D eigenvalue weighted by atomic mass is 10.1. The molecule has 2 aromatic rings. The highest BCUT2D eigenvalue weighted by Crippen LogP contribution is 2.20. The fourth-order valence-electron chi connectivity index (χ4n) is 3.74. The molecule has 1 saturated heterocycles. The van der Waals surface area contributed by atoms with Crippen molar-refractivity contribution in [3.05, 3.63) is 57.8 Å². The van der Waals surface area contributed by atoms with Crippen LogP contribution in [0.1, 0.15) is 28.2 Å². The zero-order valence-electron chi connectivity index (χ0n) is 15.2. The van der Waals surface area contributed by atoms with Gasteiger partial charge in [0.1, 0.15) is 0 Å². The summed E-state index contributed by atoms with van der Waals surface area (Å²) in [6.07, 6.45) is 3.21. The van der Waals surface area contributed by atoms with Crippen LogP contribution in [0.15, 0.2) is 42.5 Å². The van der Waals surface area contributed by atoms with Crippen LogP contribution in [0.2, 0.25) is 0 Å². The van der Waals surface area contributed by atoms with Gasteiger partial charge in [-0.1, -0.05) is 30.3 Å². The molecule has 25 heavy (non-hydrogen) atoms. The lowest BCUT2D eigenvalue weighted by Crippen LogP contribution is -2.53. The predicted octanol–water partition coefficient (Wildman–Crippen LogP) is 3.56. The fourth-order valence-corrected chi connectivity index (χ4v) is 4.67. The number of nitrogens with zero attached hydrogens (tertiary/aromatic N) is 2. The first-order chi connectivity index (χ1) is 12.2. The standard InChI is InChI=1S/C21H30N2OS/c1-18-9-10-21(25-18)17-22-13-14-23(20(16-22)11-15-24)12-5-8-19-6-3-2-4-7-19/h2-4,6-7,9-10,20,24H,5,8,11-17H2,1H3. The van der Waals surface area contributed by atoms with Gasteiger partial charge in [0.25, 0.3) is 0 Å². The van der Waals surface area contributed by atoms with Crippen LogP contribution in [-0.2, 0) is 13.0 Å². The van der Waals surface area contributed by atoms with Crippen molar-refractivity contribution in [2.45, 2.75) is 38.8 Å². The van der Waals surface area contributed by atoms with Gasteiger partial charge < -0.3 is 5.11 Å². The number of hydrogen-bond acceptors (Lipinski definition) is 4. The number of thiophene rings is 1. The number of aryl methyl sites for hydroxylation is 2. The molecule has 1 aromatic heterocycles. The second-order valence-corrected chi connectivity index (χ2v) is 8.41. The zero-order chi connectivity index (χ0) is 17.5. The third-order valence-corrected chi connectivity index (χ3v) is 6.07. The summed E-state index contributed by atoms with van der Waals surface area (Å²) >= 11 is 1.90. The molecular weight excluding hydrogens is 328 g/mol. The number of aliphatic hydroxyl groups excluding tert-OH is 1. The molecule has 2 heterocycles. The molecule has 3 rings (SSSR count). The molecule has 1 aliphatic heterocycles.